The molecular weight excluding hydrogens is 367 g/mol. The van der Waals surface area contributed by atoms with E-state index >= 15 is 0 Å². The molecule has 2 fully saturated rings. The SMILES string of the molecule is CCn1cc(CN2CC3C(C[CH]c4cccc(OC(F)(F)F)c4)C3C2)c(C)n1. The fourth-order valence-electron chi connectivity index (χ4n) is 4.44. The second-order valence-electron chi connectivity index (χ2n) is 7.84. The zero-order chi connectivity index (χ0) is 19.9. The van der Waals surface area contributed by atoms with Crippen LogP contribution in [0.4, 0.5) is 13.2 Å². The lowest BCUT2D eigenvalue weighted by Gasteiger charge is -2.19. The first kappa shape index (κ1) is 19.3. The largest absolute Gasteiger partial charge is 0.573 e. The van der Waals surface area contributed by atoms with Gasteiger partial charge in [0.05, 0.1) is 5.69 Å². The molecule has 2 unspecified atom stereocenters. The predicted octanol–water partition coefficient (Wildman–Crippen LogP) is 4.43. The average molecular weight is 392 g/mol. The molecule has 1 aliphatic carbocycles. The monoisotopic (exact) mass is 392 g/mol. The molecule has 0 bridgehead atoms. The number of nitrogens with zero attached hydrogens (tertiary/aromatic N) is 3. The van der Waals surface area contributed by atoms with Gasteiger partial charge in [-0.2, -0.15) is 5.10 Å². The Bertz CT molecular complexity index is 821. The zero-order valence-corrected chi connectivity index (χ0v) is 16.1. The summed E-state index contributed by atoms with van der Waals surface area (Å²) in [4.78, 5) is 2.49. The molecule has 1 saturated carbocycles. The van der Waals surface area contributed by atoms with Crippen LogP contribution in [-0.2, 0) is 13.1 Å². The number of likely N-dealkylation sites (tertiary alicyclic amines) is 1. The van der Waals surface area contributed by atoms with E-state index in [9.17, 15) is 13.2 Å². The molecule has 7 heteroatoms. The van der Waals surface area contributed by atoms with E-state index in [1.165, 1.54) is 17.7 Å². The molecule has 2 aliphatic rings. The Labute approximate surface area is 163 Å². The molecule has 4 rings (SSSR count). The van der Waals surface area contributed by atoms with Crippen molar-refractivity contribution in [3.8, 4) is 5.75 Å². The molecule has 0 spiro atoms. The summed E-state index contributed by atoms with van der Waals surface area (Å²) in [5.41, 5.74) is 3.19. The standard InChI is InChI=1S/C21H25F3N3O/c1-3-27-11-16(14(2)25-27)10-26-12-19-18(20(19)13-26)8-7-15-5-4-6-17(9-15)28-21(22,23)24/h4-7,9,11,18-20H,3,8,10,12-13H2,1-2H3. The van der Waals surface area contributed by atoms with E-state index < -0.39 is 6.36 Å². The summed E-state index contributed by atoms with van der Waals surface area (Å²) < 4.78 is 43.0. The van der Waals surface area contributed by atoms with Crippen molar-refractivity contribution >= 4 is 0 Å². The molecule has 151 valence electrons. The maximum absolute atomic E-state index is 12.4. The van der Waals surface area contributed by atoms with E-state index in [1.807, 2.05) is 17.2 Å². The van der Waals surface area contributed by atoms with Gasteiger partial charge in [0, 0.05) is 37.9 Å². The second-order valence-corrected chi connectivity index (χ2v) is 7.84. The Hall–Kier alpha value is -2.02. The highest BCUT2D eigenvalue weighted by Crippen LogP contribution is 2.54. The van der Waals surface area contributed by atoms with E-state index in [0.29, 0.717) is 17.8 Å². The number of halogens is 3. The Morgan fingerprint density at radius 3 is 2.64 bits per heavy atom. The van der Waals surface area contributed by atoms with E-state index in [2.05, 4.69) is 34.8 Å². The summed E-state index contributed by atoms with van der Waals surface area (Å²) in [5.74, 6) is 1.88. The molecule has 1 aromatic carbocycles. The number of alkyl halides is 3. The van der Waals surface area contributed by atoms with Crippen LogP contribution < -0.4 is 4.74 Å². The normalized spacial score (nSPS) is 24.4. The highest BCUT2D eigenvalue weighted by atomic mass is 19.4. The third-order valence-corrected chi connectivity index (χ3v) is 5.93. The maximum atomic E-state index is 12.4. The number of fused-ring (bicyclic) bond motifs is 1. The molecule has 0 N–H and O–H groups in total. The van der Waals surface area contributed by atoms with Crippen LogP contribution in [0.3, 0.4) is 0 Å². The Morgan fingerprint density at radius 2 is 2.00 bits per heavy atom. The summed E-state index contributed by atoms with van der Waals surface area (Å²) in [5, 5.41) is 4.51. The molecule has 1 saturated heterocycles. The van der Waals surface area contributed by atoms with E-state index in [1.54, 1.807) is 6.07 Å². The molecule has 1 radical (unpaired) electrons. The van der Waals surface area contributed by atoms with Crippen LogP contribution in [0, 0.1) is 31.1 Å². The summed E-state index contributed by atoms with van der Waals surface area (Å²) in [6.45, 7) is 8.18. The third-order valence-electron chi connectivity index (χ3n) is 5.93. The van der Waals surface area contributed by atoms with Crippen molar-refractivity contribution in [2.75, 3.05) is 13.1 Å². The number of aromatic nitrogens is 2. The number of hydrogen-bond acceptors (Lipinski definition) is 3. The van der Waals surface area contributed by atoms with Crippen LogP contribution in [-0.4, -0.2) is 34.1 Å². The minimum absolute atomic E-state index is 0.161. The highest BCUT2D eigenvalue weighted by Gasteiger charge is 2.54. The van der Waals surface area contributed by atoms with E-state index in [-0.39, 0.29) is 5.75 Å². The first-order chi connectivity index (χ1) is 13.3. The van der Waals surface area contributed by atoms with Gasteiger partial charge in [-0.05, 0) is 62.1 Å². The van der Waals surface area contributed by atoms with Crippen LogP contribution in [0.2, 0.25) is 0 Å². The second kappa shape index (κ2) is 7.43. The fraction of sp³-hybridized carbons (Fsp3) is 0.524. The van der Waals surface area contributed by atoms with E-state index in [0.717, 1.165) is 43.9 Å². The van der Waals surface area contributed by atoms with Gasteiger partial charge in [0.15, 0.2) is 0 Å². The van der Waals surface area contributed by atoms with Crippen molar-refractivity contribution in [2.45, 2.75) is 39.7 Å². The quantitative estimate of drug-likeness (QED) is 0.698. The number of aryl methyl sites for hydroxylation is 2. The molecule has 1 aromatic heterocycles. The molecule has 2 heterocycles. The summed E-state index contributed by atoms with van der Waals surface area (Å²) in [6, 6.07) is 6.20. The van der Waals surface area contributed by atoms with Crippen molar-refractivity contribution in [1.82, 2.24) is 14.7 Å². The topological polar surface area (TPSA) is 30.3 Å². The number of hydrogen-bond donors (Lipinski definition) is 0. The van der Waals surface area contributed by atoms with E-state index in [4.69, 9.17) is 0 Å². The van der Waals surface area contributed by atoms with Gasteiger partial charge in [-0.25, -0.2) is 0 Å². The lowest BCUT2D eigenvalue weighted by molar-refractivity contribution is -0.274. The van der Waals surface area contributed by atoms with Gasteiger partial charge in [-0.3, -0.25) is 9.58 Å². The van der Waals surface area contributed by atoms with Crippen LogP contribution in [0.5, 0.6) is 5.75 Å². The van der Waals surface area contributed by atoms with Crippen molar-refractivity contribution in [1.29, 1.82) is 0 Å². The molecule has 0 amide bonds. The van der Waals surface area contributed by atoms with Crippen molar-refractivity contribution < 1.29 is 17.9 Å². The number of ether oxygens (including phenoxy) is 1. The molecule has 1 aliphatic heterocycles. The average Bonchev–Trinajstić information content (AvgIpc) is 2.93. The highest BCUT2D eigenvalue weighted by molar-refractivity contribution is 5.33. The predicted molar refractivity (Wildman–Crippen MR) is 99.5 cm³/mol. The van der Waals surface area contributed by atoms with Crippen LogP contribution in [0.1, 0.15) is 30.2 Å². The van der Waals surface area contributed by atoms with Crippen molar-refractivity contribution in [3.05, 3.63) is 53.7 Å². The van der Waals surface area contributed by atoms with Gasteiger partial charge in [0.2, 0.25) is 0 Å². The van der Waals surface area contributed by atoms with Gasteiger partial charge in [-0.1, -0.05) is 12.1 Å². The van der Waals surface area contributed by atoms with Gasteiger partial charge in [0.1, 0.15) is 5.75 Å². The van der Waals surface area contributed by atoms with Crippen LogP contribution >= 0.6 is 0 Å². The minimum atomic E-state index is -4.65. The maximum Gasteiger partial charge on any atom is 0.573 e. The molecule has 28 heavy (non-hydrogen) atoms. The number of benzene rings is 1. The Kier molecular flexibility index (Phi) is 5.12. The van der Waals surface area contributed by atoms with Gasteiger partial charge in [-0.15, -0.1) is 13.2 Å². The molecule has 2 atom stereocenters. The lowest BCUT2D eigenvalue weighted by Crippen LogP contribution is -2.24. The molecule has 2 aromatic rings. The molecular formula is C21H25F3N3O. The summed E-state index contributed by atoms with van der Waals surface area (Å²) in [6.07, 6.45) is 0.430. The van der Waals surface area contributed by atoms with Crippen molar-refractivity contribution in [2.24, 2.45) is 17.8 Å². The Balaban J connectivity index is 1.24. The third kappa shape index (κ3) is 4.35. The van der Waals surface area contributed by atoms with Crippen molar-refractivity contribution in [3.63, 3.8) is 0 Å². The fourth-order valence-corrected chi connectivity index (χ4v) is 4.44. The number of piperidine rings is 1. The summed E-state index contributed by atoms with van der Waals surface area (Å²) in [7, 11) is 0. The summed E-state index contributed by atoms with van der Waals surface area (Å²) >= 11 is 0. The first-order valence-corrected chi connectivity index (χ1v) is 9.76. The van der Waals surface area contributed by atoms with Gasteiger partial charge < -0.3 is 4.74 Å². The first-order valence-electron chi connectivity index (χ1n) is 9.76. The zero-order valence-electron chi connectivity index (χ0n) is 16.1. The molecule has 4 nitrogen and oxygen atoms in total. The Morgan fingerprint density at radius 1 is 1.25 bits per heavy atom. The number of rotatable bonds is 7. The minimum Gasteiger partial charge on any atom is -0.406 e. The smallest absolute Gasteiger partial charge is 0.406 e. The lowest BCUT2D eigenvalue weighted by atomic mass is 10.0. The van der Waals surface area contributed by atoms with Gasteiger partial charge in [0.25, 0.3) is 0 Å². The van der Waals surface area contributed by atoms with Crippen LogP contribution in [0.25, 0.3) is 0 Å². The van der Waals surface area contributed by atoms with Gasteiger partial charge >= 0.3 is 6.36 Å². The van der Waals surface area contributed by atoms with Crippen LogP contribution in [0.15, 0.2) is 30.5 Å².